The van der Waals surface area contributed by atoms with Gasteiger partial charge in [-0.1, -0.05) is 53.5 Å². The van der Waals surface area contributed by atoms with Gasteiger partial charge in [0, 0.05) is 10.6 Å². The highest BCUT2D eigenvalue weighted by Gasteiger charge is 2.02. The van der Waals surface area contributed by atoms with E-state index in [0.717, 1.165) is 0 Å². The number of nitrogens with one attached hydrogen (secondary N) is 1. The van der Waals surface area contributed by atoms with E-state index in [9.17, 15) is 4.79 Å². The third-order valence-corrected chi connectivity index (χ3v) is 2.90. The lowest BCUT2D eigenvalue weighted by atomic mass is 10.1. The molecule has 0 heterocycles. The van der Waals surface area contributed by atoms with Gasteiger partial charge in [0.2, 0.25) is 5.78 Å². The summed E-state index contributed by atoms with van der Waals surface area (Å²) in [6.07, 6.45) is 1.21. The molecule has 19 heavy (non-hydrogen) atoms. The zero-order valence-corrected chi connectivity index (χ0v) is 11.3. The zero-order valence-electron chi connectivity index (χ0n) is 9.81. The molecule has 0 aromatic heterocycles. The first-order chi connectivity index (χ1) is 9.16. The van der Waals surface area contributed by atoms with Gasteiger partial charge in [0.15, 0.2) is 0 Å². The lowest BCUT2D eigenvalue weighted by Crippen LogP contribution is -2.02. The molecular formula is C14H10Cl2N2O. The van der Waals surface area contributed by atoms with Crippen LogP contribution in [0.3, 0.4) is 0 Å². The Morgan fingerprint density at radius 3 is 2.53 bits per heavy atom. The third kappa shape index (κ3) is 3.81. The van der Waals surface area contributed by atoms with Gasteiger partial charge in [0.25, 0.3) is 0 Å². The van der Waals surface area contributed by atoms with Crippen molar-refractivity contribution in [1.29, 1.82) is 0 Å². The number of anilines is 1. The molecule has 0 saturated carbocycles. The molecule has 0 aliphatic carbocycles. The summed E-state index contributed by atoms with van der Waals surface area (Å²) in [6.45, 7) is 0. The Kier molecular flexibility index (Phi) is 4.55. The standard InChI is InChI=1S/C14H10Cl2N2O/c15-11-6-7-13(12(16)8-11)18-17-9-14(19)10-4-2-1-3-5-10/h1-9,18H/b17-9-. The number of hydrazone groups is 1. The Bertz CT molecular complexity index is 612. The largest absolute Gasteiger partial charge is 0.287 e. The van der Waals surface area contributed by atoms with Gasteiger partial charge in [-0.25, -0.2) is 0 Å². The molecule has 3 nitrogen and oxygen atoms in total. The predicted octanol–water partition coefficient (Wildman–Crippen LogP) is 4.27. The van der Waals surface area contributed by atoms with Crippen molar-refractivity contribution in [2.24, 2.45) is 5.10 Å². The van der Waals surface area contributed by atoms with E-state index < -0.39 is 0 Å². The Morgan fingerprint density at radius 2 is 1.84 bits per heavy atom. The SMILES string of the molecule is O=C(/C=N\Nc1ccc(Cl)cc1Cl)c1ccccc1. The maximum absolute atomic E-state index is 11.7. The smallest absolute Gasteiger partial charge is 0.205 e. The minimum atomic E-state index is -0.182. The number of rotatable bonds is 4. The summed E-state index contributed by atoms with van der Waals surface area (Å²) in [4.78, 5) is 11.7. The number of hydrogen-bond acceptors (Lipinski definition) is 3. The van der Waals surface area contributed by atoms with Crippen molar-refractivity contribution in [3.05, 3.63) is 64.1 Å². The fraction of sp³-hybridized carbons (Fsp3) is 0. The highest BCUT2D eigenvalue weighted by atomic mass is 35.5. The van der Waals surface area contributed by atoms with Crippen LogP contribution in [0.25, 0.3) is 0 Å². The summed E-state index contributed by atoms with van der Waals surface area (Å²) in [6, 6.07) is 13.9. The third-order valence-electron chi connectivity index (χ3n) is 2.36. The van der Waals surface area contributed by atoms with Crippen LogP contribution in [-0.4, -0.2) is 12.0 Å². The van der Waals surface area contributed by atoms with Crippen molar-refractivity contribution < 1.29 is 4.79 Å². The Labute approximate surface area is 120 Å². The highest BCUT2D eigenvalue weighted by molar-refractivity contribution is 6.37. The van der Waals surface area contributed by atoms with Crippen LogP contribution in [0.2, 0.25) is 10.0 Å². The average Bonchev–Trinajstić information content (AvgIpc) is 2.42. The molecule has 2 aromatic rings. The second-order valence-corrected chi connectivity index (χ2v) is 4.57. The zero-order chi connectivity index (χ0) is 13.7. The summed E-state index contributed by atoms with van der Waals surface area (Å²) in [5.41, 5.74) is 3.86. The van der Waals surface area contributed by atoms with Crippen molar-refractivity contribution in [2.75, 3.05) is 5.43 Å². The van der Waals surface area contributed by atoms with Gasteiger partial charge < -0.3 is 0 Å². The van der Waals surface area contributed by atoms with E-state index in [4.69, 9.17) is 23.2 Å². The van der Waals surface area contributed by atoms with Gasteiger partial charge in [-0.15, -0.1) is 0 Å². The molecule has 0 radical (unpaired) electrons. The number of carbonyl (C=O) groups excluding carboxylic acids is 1. The number of hydrogen-bond donors (Lipinski definition) is 1. The number of halogens is 2. The molecule has 0 atom stereocenters. The molecule has 0 aliphatic rings. The van der Waals surface area contributed by atoms with Crippen molar-refractivity contribution >= 4 is 40.9 Å². The lowest BCUT2D eigenvalue weighted by molar-refractivity contribution is 0.107. The monoisotopic (exact) mass is 292 g/mol. The van der Waals surface area contributed by atoms with E-state index in [-0.39, 0.29) is 5.78 Å². The number of Topliss-reactive ketones (excluding diaryl/α,β-unsaturated/α-hetero) is 1. The predicted molar refractivity (Wildman–Crippen MR) is 79.3 cm³/mol. The molecule has 0 spiro atoms. The summed E-state index contributed by atoms with van der Waals surface area (Å²) in [7, 11) is 0. The second-order valence-electron chi connectivity index (χ2n) is 3.72. The molecule has 5 heteroatoms. The molecule has 0 saturated heterocycles. The molecule has 0 amide bonds. The summed E-state index contributed by atoms with van der Waals surface area (Å²) < 4.78 is 0. The fourth-order valence-corrected chi connectivity index (χ4v) is 1.87. The van der Waals surface area contributed by atoms with Crippen molar-refractivity contribution in [1.82, 2.24) is 0 Å². The van der Waals surface area contributed by atoms with E-state index >= 15 is 0 Å². The molecule has 96 valence electrons. The van der Waals surface area contributed by atoms with Gasteiger partial charge in [-0.2, -0.15) is 5.10 Å². The molecule has 0 unspecified atom stereocenters. The normalized spacial score (nSPS) is 10.6. The minimum Gasteiger partial charge on any atom is -0.287 e. The van der Waals surface area contributed by atoms with Gasteiger partial charge in [-0.3, -0.25) is 10.2 Å². The van der Waals surface area contributed by atoms with E-state index in [1.165, 1.54) is 6.21 Å². The summed E-state index contributed by atoms with van der Waals surface area (Å²) >= 11 is 11.7. The van der Waals surface area contributed by atoms with Crippen LogP contribution >= 0.6 is 23.2 Å². The quantitative estimate of drug-likeness (QED) is 0.519. The molecule has 2 aromatic carbocycles. The number of carbonyl (C=O) groups is 1. The number of ketones is 1. The minimum absolute atomic E-state index is 0.182. The first-order valence-electron chi connectivity index (χ1n) is 5.50. The Balaban J connectivity index is 2.02. The first kappa shape index (κ1) is 13.6. The maximum atomic E-state index is 11.7. The van der Waals surface area contributed by atoms with Crippen LogP contribution in [0.1, 0.15) is 10.4 Å². The van der Waals surface area contributed by atoms with Gasteiger partial charge in [0.05, 0.1) is 16.9 Å². The van der Waals surface area contributed by atoms with Crippen LogP contribution in [-0.2, 0) is 0 Å². The van der Waals surface area contributed by atoms with Crippen LogP contribution in [0, 0.1) is 0 Å². The van der Waals surface area contributed by atoms with Crippen LogP contribution in [0.15, 0.2) is 53.6 Å². The molecule has 0 fully saturated rings. The first-order valence-corrected chi connectivity index (χ1v) is 6.26. The second kappa shape index (κ2) is 6.36. The van der Waals surface area contributed by atoms with E-state index in [2.05, 4.69) is 10.5 Å². The van der Waals surface area contributed by atoms with E-state index in [1.807, 2.05) is 6.07 Å². The van der Waals surface area contributed by atoms with Crippen molar-refractivity contribution in [3.8, 4) is 0 Å². The van der Waals surface area contributed by atoms with Crippen LogP contribution in [0.4, 0.5) is 5.69 Å². The fourth-order valence-electron chi connectivity index (χ4n) is 1.42. The number of benzene rings is 2. The topological polar surface area (TPSA) is 41.5 Å². The summed E-state index contributed by atoms with van der Waals surface area (Å²) in [5.74, 6) is -0.182. The van der Waals surface area contributed by atoms with Crippen LogP contribution < -0.4 is 5.43 Å². The van der Waals surface area contributed by atoms with Crippen molar-refractivity contribution in [3.63, 3.8) is 0 Å². The molecule has 1 N–H and O–H groups in total. The maximum Gasteiger partial charge on any atom is 0.205 e. The van der Waals surface area contributed by atoms with E-state index in [1.54, 1.807) is 42.5 Å². The van der Waals surface area contributed by atoms with Crippen molar-refractivity contribution in [2.45, 2.75) is 0 Å². The highest BCUT2D eigenvalue weighted by Crippen LogP contribution is 2.25. The van der Waals surface area contributed by atoms with Crippen LogP contribution in [0.5, 0.6) is 0 Å². The average molecular weight is 293 g/mol. The van der Waals surface area contributed by atoms with Gasteiger partial charge in [0.1, 0.15) is 0 Å². The van der Waals surface area contributed by atoms with E-state index in [0.29, 0.717) is 21.3 Å². The molecular weight excluding hydrogens is 283 g/mol. The van der Waals surface area contributed by atoms with Gasteiger partial charge >= 0.3 is 0 Å². The Morgan fingerprint density at radius 1 is 1.11 bits per heavy atom. The number of nitrogens with zero attached hydrogens (tertiary/aromatic N) is 1. The molecule has 2 rings (SSSR count). The molecule has 0 bridgehead atoms. The Hall–Kier alpha value is -1.84. The van der Waals surface area contributed by atoms with Gasteiger partial charge in [-0.05, 0) is 18.2 Å². The molecule has 0 aliphatic heterocycles. The lowest BCUT2D eigenvalue weighted by Gasteiger charge is -2.02. The summed E-state index contributed by atoms with van der Waals surface area (Å²) in [5, 5.41) is 4.84.